The van der Waals surface area contributed by atoms with E-state index in [0.717, 1.165) is 72.5 Å². The number of hydrogen-bond donors (Lipinski definition) is 0. The van der Waals surface area contributed by atoms with Crippen LogP contribution < -0.4 is 4.90 Å². The van der Waals surface area contributed by atoms with Crippen molar-refractivity contribution >= 4 is 49.6 Å². The predicted octanol–water partition coefficient (Wildman–Crippen LogP) is 13.8. The molecular formula is C53H34N2. The summed E-state index contributed by atoms with van der Waals surface area (Å²) in [5.41, 5.74) is 11.2. The van der Waals surface area contributed by atoms with E-state index >= 15 is 0 Å². The number of aromatic nitrogens is 1. The van der Waals surface area contributed by atoms with Gasteiger partial charge < -0.3 is 9.47 Å². The van der Waals surface area contributed by atoms with Crippen molar-refractivity contribution in [3.05, 3.63) is 228 Å². The average Bonchev–Trinajstić information content (AvgIpc) is 3.79. The summed E-state index contributed by atoms with van der Waals surface area (Å²) in [5, 5.41) is 2.88. The zero-order valence-corrected chi connectivity index (χ0v) is 29.6. The summed E-state index contributed by atoms with van der Waals surface area (Å²) in [5.74, 6) is 0. The van der Waals surface area contributed by atoms with Crippen molar-refractivity contribution in [2.24, 2.45) is 0 Å². The minimum absolute atomic E-state index is 0.114. The molecule has 55 heavy (non-hydrogen) atoms. The van der Waals surface area contributed by atoms with E-state index in [1.165, 1.54) is 5.39 Å². The van der Waals surface area contributed by atoms with Gasteiger partial charge in [0.15, 0.2) is 0 Å². The number of fused-ring (bicyclic) bond motifs is 12. The van der Waals surface area contributed by atoms with Crippen LogP contribution in [0.5, 0.6) is 0 Å². The van der Waals surface area contributed by atoms with Crippen LogP contribution in [-0.4, -0.2) is 4.57 Å². The number of nitrogens with zero attached hydrogens (tertiary/aromatic N) is 2. The normalized spacial score (nSPS) is 16.5. The van der Waals surface area contributed by atoms with Gasteiger partial charge in [-0.15, -0.1) is 0 Å². The lowest BCUT2D eigenvalue weighted by Gasteiger charge is -2.40. The first-order chi connectivity index (χ1) is 29.8. The van der Waals surface area contributed by atoms with Gasteiger partial charge in [-0.05, 0) is 98.2 Å². The Balaban J connectivity index is 1.22. The lowest BCUT2D eigenvalue weighted by molar-refractivity contribution is 0.773. The molecular weight excluding hydrogens is 665 g/mol. The van der Waals surface area contributed by atoms with Crippen molar-refractivity contribution in [3.63, 3.8) is 0 Å². The highest BCUT2D eigenvalue weighted by Gasteiger charge is 2.51. The average molecular weight is 705 g/mol. The number of hydrogen-bond acceptors (Lipinski definition) is 1. The molecule has 0 N–H and O–H groups in total. The highest BCUT2D eigenvalue weighted by atomic mass is 15.1. The molecule has 12 rings (SSSR count). The Morgan fingerprint density at radius 3 is 1.95 bits per heavy atom. The van der Waals surface area contributed by atoms with Crippen molar-refractivity contribution in [2.75, 3.05) is 4.90 Å². The quantitative estimate of drug-likeness (QED) is 0.177. The summed E-state index contributed by atoms with van der Waals surface area (Å²) in [4.78, 5) is 2.31. The minimum atomic E-state index is -1.15. The molecule has 0 bridgehead atoms. The van der Waals surface area contributed by atoms with Gasteiger partial charge in [0.2, 0.25) is 0 Å². The summed E-state index contributed by atoms with van der Waals surface area (Å²) in [7, 11) is 0. The molecule has 0 saturated carbocycles. The molecule has 1 aromatic heterocycles. The van der Waals surface area contributed by atoms with Crippen LogP contribution in [0.25, 0.3) is 60.5 Å². The number of rotatable bonds is 4. The summed E-state index contributed by atoms with van der Waals surface area (Å²) in [6.45, 7) is 0. The largest absolute Gasteiger partial charge is 0.310 e. The second kappa shape index (κ2) is 11.4. The Kier molecular flexibility index (Phi) is 5.18. The Bertz CT molecular complexity index is 3500. The highest BCUT2D eigenvalue weighted by molar-refractivity contribution is 6.11. The summed E-state index contributed by atoms with van der Waals surface area (Å²) < 4.78 is 57.7. The molecule has 1 heterocycles. The maximum absolute atomic E-state index is 9.79. The van der Waals surface area contributed by atoms with Crippen LogP contribution in [-0.2, 0) is 5.41 Å². The molecule has 0 fully saturated rings. The molecule has 9 aromatic carbocycles. The molecule has 2 heteroatoms. The monoisotopic (exact) mass is 704 g/mol. The standard InChI is InChI=1S/C53H34N2/c1-3-18-36(19-4-1)54(38-32-33-41-40-23-9-12-30-48(40)55(50(41)34-38)37-20-5-2-6-21-37)49-31-15-29-47-52(49)43-24-8-11-27-45(43)53(47)44-26-10-7-22-39(44)42-25-13-16-35-17-14-28-46(53)51(35)42/h1-34H/i13D,14D,16D,17D,25D,28D. The van der Waals surface area contributed by atoms with Crippen LogP contribution in [0.4, 0.5) is 17.1 Å². The third kappa shape index (κ3) is 4.03. The van der Waals surface area contributed by atoms with Crippen LogP contribution in [0, 0.1) is 0 Å². The lowest BCUT2D eigenvalue weighted by atomic mass is 9.61. The Morgan fingerprint density at radius 2 is 1.11 bits per heavy atom. The Labute approximate surface area is 328 Å². The second-order valence-corrected chi connectivity index (χ2v) is 14.4. The van der Waals surface area contributed by atoms with Crippen molar-refractivity contribution in [2.45, 2.75) is 5.41 Å². The van der Waals surface area contributed by atoms with Crippen LogP contribution in [0.2, 0.25) is 0 Å². The summed E-state index contributed by atoms with van der Waals surface area (Å²) >= 11 is 0. The van der Waals surface area contributed by atoms with E-state index in [0.29, 0.717) is 16.5 Å². The van der Waals surface area contributed by atoms with Gasteiger partial charge in [-0.2, -0.15) is 0 Å². The molecule has 0 radical (unpaired) electrons. The molecule has 10 aromatic rings. The van der Waals surface area contributed by atoms with E-state index < -0.39 is 5.41 Å². The first kappa shape index (κ1) is 25.0. The summed E-state index contributed by atoms with van der Waals surface area (Å²) in [6, 6.07) is 57.1. The lowest BCUT2D eigenvalue weighted by Crippen LogP contribution is -2.31. The van der Waals surface area contributed by atoms with E-state index in [-0.39, 0.29) is 41.6 Å². The molecule has 2 aliphatic carbocycles. The van der Waals surface area contributed by atoms with E-state index in [1.807, 2.05) is 60.7 Å². The molecule has 0 saturated heterocycles. The van der Waals surface area contributed by atoms with Crippen molar-refractivity contribution < 1.29 is 8.22 Å². The van der Waals surface area contributed by atoms with Crippen LogP contribution >= 0.6 is 0 Å². The Morgan fingerprint density at radius 1 is 0.455 bits per heavy atom. The van der Waals surface area contributed by atoms with Crippen molar-refractivity contribution in [1.82, 2.24) is 4.57 Å². The van der Waals surface area contributed by atoms with E-state index in [1.54, 1.807) is 0 Å². The number of benzene rings is 9. The zero-order valence-electron chi connectivity index (χ0n) is 35.6. The molecule has 256 valence electrons. The van der Waals surface area contributed by atoms with Crippen LogP contribution in [0.1, 0.15) is 30.5 Å². The minimum Gasteiger partial charge on any atom is -0.310 e. The van der Waals surface area contributed by atoms with Crippen LogP contribution in [0.3, 0.4) is 0 Å². The maximum atomic E-state index is 9.79. The number of para-hydroxylation sites is 3. The topological polar surface area (TPSA) is 8.17 Å². The molecule has 0 amide bonds. The van der Waals surface area contributed by atoms with Gasteiger partial charge >= 0.3 is 0 Å². The van der Waals surface area contributed by atoms with E-state index in [9.17, 15) is 4.11 Å². The number of anilines is 3. The smallest absolute Gasteiger partial charge is 0.0726 e. The van der Waals surface area contributed by atoms with E-state index in [4.69, 9.17) is 4.11 Å². The Hall–Kier alpha value is -7.16. The zero-order chi connectivity index (χ0) is 41.3. The molecule has 1 atom stereocenters. The fraction of sp³-hybridized carbons (Fsp3) is 0.0189. The third-order valence-corrected chi connectivity index (χ3v) is 11.7. The molecule has 2 nitrogen and oxygen atoms in total. The summed E-state index contributed by atoms with van der Waals surface area (Å²) in [6.07, 6.45) is 0. The molecule has 1 spiro atoms. The third-order valence-electron chi connectivity index (χ3n) is 11.7. The highest BCUT2D eigenvalue weighted by Crippen LogP contribution is 2.63. The fourth-order valence-corrected chi connectivity index (χ4v) is 9.63. The maximum Gasteiger partial charge on any atom is 0.0726 e. The first-order valence-corrected chi connectivity index (χ1v) is 18.6. The van der Waals surface area contributed by atoms with E-state index in [2.05, 4.69) is 119 Å². The SMILES string of the molecule is [2H]c1c([2H])c2c3c(c([2H])c([2H])c([2H])c3c1[2H])C1(c3ccccc3-c3c(N(c4ccccc4)c4ccc5c6ccccc6n(-c6ccccc6)c5c4)cccc31)c1ccccc1-2. The van der Waals surface area contributed by atoms with Gasteiger partial charge in [-0.25, -0.2) is 0 Å². The van der Waals surface area contributed by atoms with Gasteiger partial charge in [-0.1, -0.05) is 158 Å². The van der Waals surface area contributed by atoms with Gasteiger partial charge in [-0.3, -0.25) is 0 Å². The molecule has 2 aliphatic rings. The van der Waals surface area contributed by atoms with Gasteiger partial charge in [0, 0.05) is 33.4 Å². The second-order valence-electron chi connectivity index (χ2n) is 14.4. The van der Waals surface area contributed by atoms with Crippen LogP contribution in [0.15, 0.2) is 206 Å². The van der Waals surface area contributed by atoms with Gasteiger partial charge in [0.25, 0.3) is 0 Å². The fourth-order valence-electron chi connectivity index (χ4n) is 9.63. The van der Waals surface area contributed by atoms with Gasteiger partial charge in [0.1, 0.15) is 0 Å². The molecule has 0 aliphatic heterocycles. The predicted molar refractivity (Wildman–Crippen MR) is 229 cm³/mol. The van der Waals surface area contributed by atoms with Crippen molar-refractivity contribution in [1.29, 1.82) is 0 Å². The molecule has 1 unspecified atom stereocenters. The first-order valence-electron chi connectivity index (χ1n) is 21.6. The van der Waals surface area contributed by atoms with Gasteiger partial charge in [0.05, 0.1) is 30.4 Å². The van der Waals surface area contributed by atoms with Crippen molar-refractivity contribution in [3.8, 4) is 27.9 Å².